The lowest BCUT2D eigenvalue weighted by atomic mass is 9.96. The van der Waals surface area contributed by atoms with Crippen LogP contribution in [0.2, 0.25) is 0 Å². The highest BCUT2D eigenvalue weighted by Crippen LogP contribution is 2.40. The van der Waals surface area contributed by atoms with Gasteiger partial charge in [-0.3, -0.25) is 0 Å². The Morgan fingerprint density at radius 1 is 0.889 bits per heavy atom. The normalized spacial score (nSPS) is 30.0. The molecular formula is C24H43NO2. The van der Waals surface area contributed by atoms with Crippen molar-refractivity contribution in [1.29, 1.82) is 0 Å². The van der Waals surface area contributed by atoms with Gasteiger partial charge in [0.1, 0.15) is 12.5 Å². The minimum Gasteiger partial charge on any atom is -0.361 e. The van der Waals surface area contributed by atoms with Crippen LogP contribution in [0.25, 0.3) is 0 Å². The summed E-state index contributed by atoms with van der Waals surface area (Å²) in [6.07, 6.45) is 12.2. The number of allylic oxidation sites excluding steroid dienone is 4. The van der Waals surface area contributed by atoms with Crippen molar-refractivity contribution in [2.24, 2.45) is 11.8 Å². The second-order valence-electron chi connectivity index (χ2n) is 9.83. The summed E-state index contributed by atoms with van der Waals surface area (Å²) >= 11 is 0. The van der Waals surface area contributed by atoms with E-state index in [4.69, 9.17) is 9.47 Å². The Bertz CT molecular complexity index is 474. The molecule has 0 amide bonds. The number of fused-ring (bicyclic) bond motifs is 1. The van der Waals surface area contributed by atoms with Gasteiger partial charge in [0.25, 0.3) is 0 Å². The maximum Gasteiger partial charge on any atom is 0.113 e. The first-order valence-corrected chi connectivity index (χ1v) is 11.0. The highest BCUT2D eigenvalue weighted by Gasteiger charge is 2.52. The Hall–Kier alpha value is -0.640. The zero-order chi connectivity index (χ0) is 20.0. The average molecular weight is 378 g/mol. The molecule has 0 N–H and O–H groups in total. The molecule has 0 saturated carbocycles. The van der Waals surface area contributed by atoms with Crippen LogP contribution in [0, 0.1) is 11.8 Å². The molecule has 2 fully saturated rings. The van der Waals surface area contributed by atoms with Gasteiger partial charge in [-0.1, -0.05) is 37.1 Å². The van der Waals surface area contributed by atoms with Gasteiger partial charge in [-0.15, -0.1) is 0 Å². The minimum atomic E-state index is 0.0641. The molecule has 0 aromatic carbocycles. The molecule has 2 rings (SSSR count). The molecule has 156 valence electrons. The van der Waals surface area contributed by atoms with Gasteiger partial charge in [0, 0.05) is 0 Å². The Kier molecular flexibility index (Phi) is 8.58. The van der Waals surface area contributed by atoms with E-state index in [0.717, 1.165) is 26.1 Å². The standard InChI is InChI=1S/C24H43NO2/c1-18(2)10-8-12-20(5)14-22-25-23(27-17-24(25,7)16-26-22)15-21(6)13-9-11-19(3)4/h10-11,20-23H,8-9,12-17H2,1-7H3. The van der Waals surface area contributed by atoms with Crippen molar-refractivity contribution in [2.45, 2.75) is 105 Å². The summed E-state index contributed by atoms with van der Waals surface area (Å²) < 4.78 is 12.5. The monoisotopic (exact) mass is 377 g/mol. The topological polar surface area (TPSA) is 21.7 Å². The molecule has 4 unspecified atom stereocenters. The first-order valence-electron chi connectivity index (χ1n) is 11.0. The smallest absolute Gasteiger partial charge is 0.113 e. The van der Waals surface area contributed by atoms with Gasteiger partial charge in [-0.2, -0.15) is 0 Å². The van der Waals surface area contributed by atoms with Gasteiger partial charge in [0.15, 0.2) is 0 Å². The summed E-state index contributed by atoms with van der Waals surface area (Å²) in [5.41, 5.74) is 2.90. The third-order valence-corrected chi connectivity index (χ3v) is 6.05. The van der Waals surface area contributed by atoms with Crippen LogP contribution in [0.5, 0.6) is 0 Å². The van der Waals surface area contributed by atoms with Gasteiger partial charge in [0.2, 0.25) is 0 Å². The maximum atomic E-state index is 6.27. The average Bonchev–Trinajstić information content (AvgIpc) is 3.04. The van der Waals surface area contributed by atoms with Gasteiger partial charge in [0.05, 0.1) is 18.8 Å². The Morgan fingerprint density at radius 3 is 1.67 bits per heavy atom. The van der Waals surface area contributed by atoms with Crippen molar-refractivity contribution >= 4 is 0 Å². The molecule has 0 aromatic rings. The highest BCUT2D eigenvalue weighted by atomic mass is 16.6. The summed E-state index contributed by atoms with van der Waals surface area (Å²) in [6, 6.07) is 0. The molecule has 0 bridgehead atoms. The Morgan fingerprint density at radius 2 is 1.30 bits per heavy atom. The lowest BCUT2D eigenvalue weighted by Gasteiger charge is -2.33. The molecule has 2 saturated heterocycles. The molecule has 2 aliphatic heterocycles. The first-order chi connectivity index (χ1) is 12.7. The molecular weight excluding hydrogens is 334 g/mol. The van der Waals surface area contributed by atoms with Crippen molar-refractivity contribution in [3.8, 4) is 0 Å². The van der Waals surface area contributed by atoms with Crippen LogP contribution in [0.4, 0.5) is 0 Å². The summed E-state index contributed by atoms with van der Waals surface area (Å²) in [4.78, 5) is 2.57. The highest BCUT2D eigenvalue weighted by molar-refractivity contribution is 5.00. The number of rotatable bonds is 10. The van der Waals surface area contributed by atoms with E-state index in [1.165, 1.54) is 36.8 Å². The van der Waals surface area contributed by atoms with Gasteiger partial charge < -0.3 is 9.47 Å². The summed E-state index contributed by atoms with van der Waals surface area (Å²) in [5.74, 6) is 1.34. The molecule has 0 aliphatic carbocycles. The number of ether oxygens (including phenoxy) is 2. The molecule has 3 heteroatoms. The van der Waals surface area contributed by atoms with E-state index in [0.29, 0.717) is 11.8 Å². The fourth-order valence-corrected chi connectivity index (χ4v) is 4.38. The molecule has 3 nitrogen and oxygen atoms in total. The van der Waals surface area contributed by atoms with Crippen LogP contribution in [-0.2, 0) is 9.47 Å². The van der Waals surface area contributed by atoms with E-state index < -0.39 is 0 Å². The van der Waals surface area contributed by atoms with Gasteiger partial charge >= 0.3 is 0 Å². The van der Waals surface area contributed by atoms with E-state index in [1.54, 1.807) is 0 Å². The van der Waals surface area contributed by atoms with Crippen LogP contribution in [0.15, 0.2) is 23.3 Å². The zero-order valence-corrected chi connectivity index (χ0v) is 18.9. The van der Waals surface area contributed by atoms with Crippen molar-refractivity contribution in [2.75, 3.05) is 13.2 Å². The zero-order valence-electron chi connectivity index (χ0n) is 18.9. The van der Waals surface area contributed by atoms with Crippen LogP contribution < -0.4 is 0 Å². The fourth-order valence-electron chi connectivity index (χ4n) is 4.38. The molecule has 0 radical (unpaired) electrons. The van der Waals surface area contributed by atoms with Crippen LogP contribution in [0.1, 0.15) is 87.0 Å². The third-order valence-electron chi connectivity index (χ3n) is 6.05. The summed E-state index contributed by atoms with van der Waals surface area (Å²) in [5, 5.41) is 0. The van der Waals surface area contributed by atoms with E-state index in [2.05, 4.69) is 65.5 Å². The van der Waals surface area contributed by atoms with Crippen LogP contribution in [-0.4, -0.2) is 36.1 Å². The number of nitrogens with zero attached hydrogens (tertiary/aromatic N) is 1. The van der Waals surface area contributed by atoms with E-state index >= 15 is 0 Å². The van der Waals surface area contributed by atoms with Gasteiger partial charge in [-0.25, -0.2) is 4.90 Å². The number of hydrogen-bond acceptors (Lipinski definition) is 3. The summed E-state index contributed by atoms with van der Waals surface area (Å²) in [7, 11) is 0. The van der Waals surface area contributed by atoms with Crippen molar-refractivity contribution in [3.63, 3.8) is 0 Å². The lowest BCUT2D eigenvalue weighted by molar-refractivity contribution is -0.0742. The maximum absolute atomic E-state index is 6.27. The minimum absolute atomic E-state index is 0.0641. The number of hydrogen-bond donors (Lipinski definition) is 0. The van der Waals surface area contributed by atoms with Crippen LogP contribution >= 0.6 is 0 Å². The Balaban J connectivity index is 1.89. The quantitative estimate of drug-likeness (QED) is 0.417. The fraction of sp³-hybridized carbons (Fsp3) is 0.833. The molecule has 2 heterocycles. The first kappa shape index (κ1) is 22.6. The lowest BCUT2D eigenvalue weighted by Crippen LogP contribution is -2.47. The SMILES string of the molecule is CC(C)=CCCC(C)CC1OCC2(C)COC(CC(C)CCC=C(C)C)N12. The molecule has 2 aliphatic rings. The molecule has 0 aromatic heterocycles. The summed E-state index contributed by atoms with van der Waals surface area (Å²) in [6.45, 7) is 17.4. The largest absolute Gasteiger partial charge is 0.361 e. The van der Waals surface area contributed by atoms with E-state index in [9.17, 15) is 0 Å². The van der Waals surface area contributed by atoms with Gasteiger partial charge in [-0.05, 0) is 85.0 Å². The van der Waals surface area contributed by atoms with E-state index in [1.807, 2.05) is 0 Å². The predicted octanol–water partition coefficient (Wildman–Crippen LogP) is 6.30. The molecule has 0 spiro atoms. The third kappa shape index (κ3) is 6.73. The van der Waals surface area contributed by atoms with Crippen molar-refractivity contribution in [3.05, 3.63) is 23.3 Å². The molecule has 27 heavy (non-hydrogen) atoms. The van der Waals surface area contributed by atoms with Crippen molar-refractivity contribution < 1.29 is 9.47 Å². The Labute approximate surface area is 168 Å². The van der Waals surface area contributed by atoms with E-state index in [-0.39, 0.29) is 18.0 Å². The predicted molar refractivity (Wildman–Crippen MR) is 115 cm³/mol. The second-order valence-corrected chi connectivity index (χ2v) is 9.83. The molecule has 4 atom stereocenters. The second kappa shape index (κ2) is 10.2. The van der Waals surface area contributed by atoms with Crippen LogP contribution in [0.3, 0.4) is 0 Å². The van der Waals surface area contributed by atoms with Crippen molar-refractivity contribution in [1.82, 2.24) is 4.90 Å².